The second-order valence-electron chi connectivity index (χ2n) is 3.87. The second kappa shape index (κ2) is 6.31. The maximum Gasteiger partial charge on any atom is 0.326 e. The molecule has 102 valence electrons. The van der Waals surface area contributed by atoms with E-state index in [0.29, 0.717) is 5.56 Å². The summed E-state index contributed by atoms with van der Waals surface area (Å²) in [6.07, 6.45) is 0.0902. The Morgan fingerprint density at radius 1 is 1.42 bits per heavy atom. The Hall–Kier alpha value is -1.91. The lowest BCUT2D eigenvalue weighted by Gasteiger charge is -2.17. The molecule has 0 saturated heterocycles. The molecule has 0 amide bonds. The van der Waals surface area contributed by atoms with Crippen LogP contribution in [-0.2, 0) is 14.8 Å². The van der Waals surface area contributed by atoms with Crippen molar-refractivity contribution in [3.8, 4) is 6.07 Å². The van der Waals surface area contributed by atoms with Gasteiger partial charge in [-0.2, -0.15) is 9.98 Å². The summed E-state index contributed by atoms with van der Waals surface area (Å²) in [7, 11) is -4.01. The first-order valence-corrected chi connectivity index (χ1v) is 7.15. The van der Waals surface area contributed by atoms with E-state index in [1.54, 1.807) is 31.2 Å². The van der Waals surface area contributed by atoms with Crippen LogP contribution in [0.4, 0.5) is 0 Å². The van der Waals surface area contributed by atoms with Crippen LogP contribution in [0.5, 0.6) is 0 Å². The molecule has 0 aromatic heterocycles. The van der Waals surface area contributed by atoms with Crippen LogP contribution in [0.15, 0.2) is 30.3 Å². The molecule has 19 heavy (non-hydrogen) atoms. The Kier molecular flexibility index (Phi) is 5.03. The highest BCUT2D eigenvalue weighted by atomic mass is 32.2. The lowest BCUT2D eigenvalue weighted by Crippen LogP contribution is -2.39. The molecular weight excluding hydrogens is 268 g/mol. The maximum absolute atomic E-state index is 11.9. The predicted molar refractivity (Wildman–Crippen MR) is 68.6 cm³/mol. The summed E-state index contributed by atoms with van der Waals surface area (Å²) in [6, 6.07) is 8.19. The first-order valence-electron chi connectivity index (χ1n) is 5.61. The summed E-state index contributed by atoms with van der Waals surface area (Å²) in [5.41, 5.74) is 0.311. The minimum Gasteiger partial charge on any atom is -0.480 e. The largest absolute Gasteiger partial charge is 0.480 e. The van der Waals surface area contributed by atoms with Gasteiger partial charge in [0.25, 0.3) is 0 Å². The molecule has 0 saturated carbocycles. The number of nitriles is 1. The fraction of sp³-hybridized carbons (Fsp3) is 0.333. The van der Waals surface area contributed by atoms with Crippen molar-refractivity contribution < 1.29 is 18.3 Å². The number of nitrogens with zero attached hydrogens (tertiary/aromatic N) is 1. The van der Waals surface area contributed by atoms with Crippen molar-refractivity contribution in [2.75, 3.05) is 0 Å². The summed E-state index contributed by atoms with van der Waals surface area (Å²) >= 11 is 0. The first kappa shape index (κ1) is 15.1. The van der Waals surface area contributed by atoms with Crippen molar-refractivity contribution in [3.05, 3.63) is 35.9 Å². The summed E-state index contributed by atoms with van der Waals surface area (Å²) in [4.78, 5) is 11.2. The quantitative estimate of drug-likeness (QED) is 0.810. The highest BCUT2D eigenvalue weighted by molar-refractivity contribution is 7.90. The first-order chi connectivity index (χ1) is 8.92. The lowest BCUT2D eigenvalue weighted by molar-refractivity contribution is -0.139. The van der Waals surface area contributed by atoms with E-state index in [1.165, 1.54) is 12.1 Å². The predicted octanol–water partition coefficient (Wildman–Crippen LogP) is 1.03. The van der Waals surface area contributed by atoms with Gasteiger partial charge in [0, 0.05) is 0 Å². The number of carboxylic acid groups (broad SMARTS) is 1. The van der Waals surface area contributed by atoms with Crippen LogP contribution in [-0.4, -0.2) is 24.7 Å². The molecule has 7 heteroatoms. The Morgan fingerprint density at radius 2 is 2.00 bits per heavy atom. The van der Waals surface area contributed by atoms with Crippen LogP contribution in [0.25, 0.3) is 0 Å². The number of sulfonamides is 1. The molecule has 1 aromatic carbocycles. The Bertz CT molecular complexity index is 577. The number of carboxylic acids is 1. The SMILES string of the molecule is CCC(C#N)S(=O)(=O)NC(C(=O)O)c1ccccc1. The van der Waals surface area contributed by atoms with Gasteiger partial charge in [-0.1, -0.05) is 37.3 Å². The van der Waals surface area contributed by atoms with Gasteiger partial charge in [-0.05, 0) is 12.0 Å². The van der Waals surface area contributed by atoms with Gasteiger partial charge >= 0.3 is 5.97 Å². The molecule has 0 heterocycles. The minimum absolute atomic E-state index is 0.0902. The summed E-state index contributed by atoms with van der Waals surface area (Å²) in [5, 5.41) is 16.6. The molecule has 0 bridgehead atoms. The van der Waals surface area contributed by atoms with E-state index in [9.17, 15) is 13.2 Å². The number of benzene rings is 1. The van der Waals surface area contributed by atoms with Gasteiger partial charge in [-0.15, -0.1) is 0 Å². The van der Waals surface area contributed by atoms with Crippen LogP contribution < -0.4 is 4.72 Å². The van der Waals surface area contributed by atoms with E-state index in [-0.39, 0.29) is 6.42 Å². The van der Waals surface area contributed by atoms with Gasteiger partial charge < -0.3 is 5.11 Å². The molecule has 1 rings (SSSR count). The van der Waals surface area contributed by atoms with Gasteiger partial charge in [-0.25, -0.2) is 8.42 Å². The van der Waals surface area contributed by atoms with E-state index in [1.807, 2.05) is 0 Å². The summed E-state index contributed by atoms with van der Waals surface area (Å²) < 4.78 is 25.8. The minimum atomic E-state index is -4.01. The molecule has 2 unspecified atom stereocenters. The van der Waals surface area contributed by atoms with Crippen LogP contribution in [0.1, 0.15) is 24.9 Å². The Labute approximate surface area is 111 Å². The van der Waals surface area contributed by atoms with Crippen LogP contribution in [0.2, 0.25) is 0 Å². The molecule has 0 radical (unpaired) electrons. The van der Waals surface area contributed by atoms with E-state index in [0.717, 1.165) is 0 Å². The number of aliphatic carboxylic acids is 1. The monoisotopic (exact) mass is 282 g/mol. The third-order valence-corrected chi connectivity index (χ3v) is 4.30. The molecule has 1 aromatic rings. The molecule has 0 spiro atoms. The topological polar surface area (TPSA) is 107 Å². The number of nitrogens with one attached hydrogen (secondary N) is 1. The molecule has 2 N–H and O–H groups in total. The van der Waals surface area contributed by atoms with Crippen molar-refractivity contribution in [1.82, 2.24) is 4.72 Å². The summed E-state index contributed by atoms with van der Waals surface area (Å²) in [5.74, 6) is -1.32. The van der Waals surface area contributed by atoms with Gasteiger partial charge in [0.15, 0.2) is 5.25 Å². The van der Waals surface area contributed by atoms with Gasteiger partial charge in [0.1, 0.15) is 6.04 Å². The fourth-order valence-electron chi connectivity index (χ4n) is 1.53. The van der Waals surface area contributed by atoms with E-state index in [2.05, 4.69) is 4.72 Å². The van der Waals surface area contributed by atoms with Crippen molar-refractivity contribution in [2.24, 2.45) is 0 Å². The van der Waals surface area contributed by atoms with Gasteiger partial charge in [0.05, 0.1) is 6.07 Å². The zero-order valence-corrected chi connectivity index (χ0v) is 11.1. The van der Waals surface area contributed by atoms with Gasteiger partial charge in [0.2, 0.25) is 10.0 Å². The zero-order chi connectivity index (χ0) is 14.5. The lowest BCUT2D eigenvalue weighted by atomic mass is 10.1. The molecule has 0 fully saturated rings. The highest BCUT2D eigenvalue weighted by Crippen LogP contribution is 2.16. The standard InChI is InChI=1S/C12H14N2O4S/c1-2-10(8-13)19(17,18)14-11(12(15)16)9-6-4-3-5-7-9/h3-7,10-11,14H,2H2,1H3,(H,15,16). The second-order valence-corrected chi connectivity index (χ2v) is 5.77. The maximum atomic E-state index is 11.9. The smallest absolute Gasteiger partial charge is 0.326 e. The van der Waals surface area contributed by atoms with Gasteiger partial charge in [-0.3, -0.25) is 4.79 Å². The molecule has 6 nitrogen and oxygen atoms in total. The van der Waals surface area contributed by atoms with Crippen LogP contribution >= 0.6 is 0 Å². The number of rotatable bonds is 6. The highest BCUT2D eigenvalue weighted by Gasteiger charge is 2.30. The van der Waals surface area contributed by atoms with Crippen molar-refractivity contribution in [2.45, 2.75) is 24.6 Å². The molecular formula is C12H14N2O4S. The number of hydrogen-bond acceptors (Lipinski definition) is 4. The normalized spacial score (nSPS) is 14.3. The van der Waals surface area contributed by atoms with E-state index < -0.39 is 27.3 Å². The Balaban J connectivity index is 3.06. The molecule has 0 aliphatic rings. The van der Waals surface area contributed by atoms with Crippen LogP contribution in [0.3, 0.4) is 0 Å². The van der Waals surface area contributed by atoms with E-state index >= 15 is 0 Å². The molecule has 0 aliphatic carbocycles. The van der Waals surface area contributed by atoms with E-state index in [4.69, 9.17) is 10.4 Å². The third-order valence-electron chi connectivity index (χ3n) is 2.55. The average Bonchev–Trinajstić information content (AvgIpc) is 2.38. The molecule has 2 atom stereocenters. The fourth-order valence-corrected chi connectivity index (χ4v) is 2.84. The third kappa shape index (κ3) is 3.77. The Morgan fingerprint density at radius 3 is 2.42 bits per heavy atom. The van der Waals surface area contributed by atoms with Crippen molar-refractivity contribution >= 4 is 16.0 Å². The van der Waals surface area contributed by atoms with Crippen LogP contribution in [0, 0.1) is 11.3 Å². The number of carbonyl (C=O) groups is 1. The molecule has 0 aliphatic heterocycles. The van der Waals surface area contributed by atoms with Crippen molar-refractivity contribution in [1.29, 1.82) is 5.26 Å². The summed E-state index contributed by atoms with van der Waals surface area (Å²) in [6.45, 7) is 1.55. The number of hydrogen-bond donors (Lipinski definition) is 2. The van der Waals surface area contributed by atoms with Crippen molar-refractivity contribution in [3.63, 3.8) is 0 Å². The average molecular weight is 282 g/mol. The zero-order valence-electron chi connectivity index (χ0n) is 10.3.